The number of rotatable bonds is 8. The molecule has 0 spiro atoms. The van der Waals surface area contributed by atoms with Gasteiger partial charge < -0.3 is 14.5 Å². The molecule has 3 aromatic rings. The summed E-state index contributed by atoms with van der Waals surface area (Å²) >= 11 is 9.54. The predicted octanol–water partition coefficient (Wildman–Crippen LogP) is 6.45. The van der Waals surface area contributed by atoms with Crippen LogP contribution in [0.15, 0.2) is 83.3 Å². The molecule has 7 heteroatoms. The average molecular weight is 570 g/mol. The van der Waals surface area contributed by atoms with Crippen LogP contribution >= 0.6 is 27.5 Å². The molecule has 3 aromatic carbocycles. The zero-order valence-electron chi connectivity index (χ0n) is 20.3. The molecule has 1 atom stereocenters. The first-order chi connectivity index (χ1) is 17.3. The van der Waals surface area contributed by atoms with Crippen LogP contribution in [0.5, 0.6) is 5.75 Å². The first kappa shape index (κ1) is 26.2. The Morgan fingerprint density at radius 2 is 1.72 bits per heavy atom. The number of nitrogens with zero attached hydrogens (tertiary/aromatic N) is 2. The van der Waals surface area contributed by atoms with Crippen LogP contribution in [-0.2, 0) is 11.3 Å². The maximum atomic E-state index is 13.4. The van der Waals surface area contributed by atoms with Gasteiger partial charge in [-0.1, -0.05) is 54.1 Å². The summed E-state index contributed by atoms with van der Waals surface area (Å²) in [6, 6.07) is 24.6. The number of hydrogen-bond donors (Lipinski definition) is 0. The van der Waals surface area contributed by atoms with Crippen molar-refractivity contribution >= 4 is 39.3 Å². The molecule has 5 nitrogen and oxygen atoms in total. The fourth-order valence-electron chi connectivity index (χ4n) is 4.67. The molecular formula is C29H30BrClN2O3. The zero-order chi connectivity index (χ0) is 25.5. The smallest absolute Gasteiger partial charge is 0.255 e. The second-order valence-corrected chi connectivity index (χ2v) is 10.8. The molecule has 2 amide bonds. The lowest BCUT2D eigenvalue weighted by molar-refractivity contribution is -0.134. The Morgan fingerprint density at radius 3 is 2.44 bits per heavy atom. The highest BCUT2D eigenvalue weighted by atomic mass is 79.9. The van der Waals surface area contributed by atoms with Crippen LogP contribution in [0, 0.1) is 5.41 Å². The second-order valence-electron chi connectivity index (χ2n) is 9.46. The van der Waals surface area contributed by atoms with Crippen LogP contribution in [0.4, 0.5) is 0 Å². The fourth-order valence-corrected chi connectivity index (χ4v) is 5.25. The summed E-state index contributed by atoms with van der Waals surface area (Å²) in [7, 11) is 1.83. The number of piperidine rings is 1. The third-order valence-electron chi connectivity index (χ3n) is 6.63. The number of ether oxygens (including phenoxy) is 1. The minimum Gasteiger partial charge on any atom is -0.493 e. The largest absolute Gasteiger partial charge is 0.493 e. The van der Waals surface area contributed by atoms with E-state index in [9.17, 15) is 9.59 Å². The standard InChI is InChI=1S/C29H30BrClN2O3/c1-32(19-22-8-3-2-4-9-22)27(34)18-29(21-36-24-14-12-23(31)13-15-24)16-7-17-33(20-29)28(35)25-10-5-6-11-26(25)30/h2-6,8-15H,7,16-21H2,1H3. The Balaban J connectivity index is 1.53. The van der Waals surface area contributed by atoms with E-state index >= 15 is 0 Å². The molecule has 1 unspecified atom stereocenters. The number of hydrogen-bond acceptors (Lipinski definition) is 3. The summed E-state index contributed by atoms with van der Waals surface area (Å²) in [5, 5.41) is 0.637. The Morgan fingerprint density at radius 1 is 1.03 bits per heavy atom. The predicted molar refractivity (Wildman–Crippen MR) is 146 cm³/mol. The van der Waals surface area contributed by atoms with Crippen LogP contribution in [0.3, 0.4) is 0 Å². The lowest BCUT2D eigenvalue weighted by Crippen LogP contribution is -2.50. The number of carbonyl (C=O) groups excluding carboxylic acids is 2. The van der Waals surface area contributed by atoms with Crippen molar-refractivity contribution in [2.24, 2.45) is 5.41 Å². The van der Waals surface area contributed by atoms with Crippen molar-refractivity contribution < 1.29 is 14.3 Å². The van der Waals surface area contributed by atoms with Gasteiger partial charge in [0.25, 0.3) is 5.91 Å². The molecule has 1 saturated heterocycles. The normalized spacial score (nSPS) is 17.5. The minimum atomic E-state index is -0.503. The maximum Gasteiger partial charge on any atom is 0.255 e. The molecule has 188 valence electrons. The van der Waals surface area contributed by atoms with E-state index in [4.69, 9.17) is 16.3 Å². The number of carbonyl (C=O) groups is 2. The molecule has 0 aliphatic carbocycles. The number of halogens is 2. The SMILES string of the molecule is CN(Cc1ccccc1)C(=O)CC1(COc2ccc(Cl)cc2)CCCN(C(=O)c2ccccc2Br)C1. The van der Waals surface area contributed by atoms with Gasteiger partial charge in [-0.3, -0.25) is 9.59 Å². The molecule has 0 radical (unpaired) electrons. The van der Waals surface area contributed by atoms with Crippen molar-refractivity contribution in [2.75, 3.05) is 26.7 Å². The van der Waals surface area contributed by atoms with Crippen molar-refractivity contribution in [3.63, 3.8) is 0 Å². The molecule has 1 aliphatic rings. The summed E-state index contributed by atoms with van der Waals surface area (Å²) in [4.78, 5) is 30.5. The van der Waals surface area contributed by atoms with E-state index in [1.807, 2.05) is 78.7 Å². The van der Waals surface area contributed by atoms with Gasteiger partial charge in [0.1, 0.15) is 5.75 Å². The van der Waals surface area contributed by atoms with Crippen molar-refractivity contribution in [1.82, 2.24) is 9.80 Å². The number of amides is 2. The highest BCUT2D eigenvalue weighted by Gasteiger charge is 2.41. The van der Waals surface area contributed by atoms with Crippen LogP contribution < -0.4 is 4.74 Å². The van der Waals surface area contributed by atoms with Crippen molar-refractivity contribution in [3.05, 3.63) is 99.5 Å². The third-order valence-corrected chi connectivity index (χ3v) is 7.57. The van der Waals surface area contributed by atoms with Gasteiger partial charge in [0, 0.05) is 48.0 Å². The zero-order valence-corrected chi connectivity index (χ0v) is 22.7. The molecule has 0 bridgehead atoms. The van der Waals surface area contributed by atoms with E-state index in [2.05, 4.69) is 15.9 Å². The highest BCUT2D eigenvalue weighted by molar-refractivity contribution is 9.10. The van der Waals surface area contributed by atoms with E-state index < -0.39 is 5.41 Å². The van der Waals surface area contributed by atoms with Crippen LogP contribution in [0.1, 0.15) is 35.2 Å². The average Bonchev–Trinajstić information content (AvgIpc) is 2.89. The van der Waals surface area contributed by atoms with Gasteiger partial charge in [0.2, 0.25) is 5.91 Å². The van der Waals surface area contributed by atoms with Gasteiger partial charge in [0.15, 0.2) is 0 Å². The van der Waals surface area contributed by atoms with Gasteiger partial charge in [0.05, 0.1) is 12.2 Å². The molecule has 0 saturated carbocycles. The number of benzene rings is 3. The monoisotopic (exact) mass is 568 g/mol. The first-order valence-electron chi connectivity index (χ1n) is 12.1. The van der Waals surface area contributed by atoms with E-state index in [1.165, 1.54) is 0 Å². The van der Waals surface area contributed by atoms with Crippen LogP contribution in [0.25, 0.3) is 0 Å². The van der Waals surface area contributed by atoms with Gasteiger partial charge in [-0.15, -0.1) is 0 Å². The van der Waals surface area contributed by atoms with Crippen molar-refractivity contribution in [2.45, 2.75) is 25.8 Å². The number of likely N-dealkylation sites (tertiary alicyclic amines) is 1. The Hall–Kier alpha value is -2.83. The van der Waals surface area contributed by atoms with Gasteiger partial charge in [-0.05, 0) is 70.7 Å². The van der Waals surface area contributed by atoms with Crippen molar-refractivity contribution in [3.8, 4) is 5.75 Å². The molecule has 36 heavy (non-hydrogen) atoms. The quantitative estimate of drug-likeness (QED) is 0.313. The summed E-state index contributed by atoms with van der Waals surface area (Å²) in [6.07, 6.45) is 1.89. The van der Waals surface area contributed by atoms with E-state index in [0.29, 0.717) is 49.0 Å². The third kappa shape index (κ3) is 6.68. The molecular weight excluding hydrogens is 540 g/mol. The summed E-state index contributed by atoms with van der Waals surface area (Å²) < 4.78 is 6.95. The molecule has 1 fully saturated rings. The first-order valence-corrected chi connectivity index (χ1v) is 13.2. The highest BCUT2D eigenvalue weighted by Crippen LogP contribution is 2.36. The second kappa shape index (κ2) is 11.9. The summed E-state index contributed by atoms with van der Waals surface area (Å²) in [5.41, 5.74) is 1.20. The van der Waals surface area contributed by atoms with Crippen LogP contribution in [-0.4, -0.2) is 48.4 Å². The van der Waals surface area contributed by atoms with E-state index in [-0.39, 0.29) is 11.8 Å². The van der Waals surface area contributed by atoms with Crippen molar-refractivity contribution in [1.29, 1.82) is 0 Å². The lowest BCUT2D eigenvalue weighted by atomic mass is 9.77. The Kier molecular flexibility index (Phi) is 8.70. The molecule has 1 aliphatic heterocycles. The van der Waals surface area contributed by atoms with E-state index in [1.54, 1.807) is 17.0 Å². The molecule has 0 N–H and O–H groups in total. The van der Waals surface area contributed by atoms with E-state index in [0.717, 1.165) is 22.9 Å². The molecule has 4 rings (SSSR count). The molecule has 0 aromatic heterocycles. The Labute approximate surface area is 226 Å². The van der Waals surface area contributed by atoms with Gasteiger partial charge in [-0.25, -0.2) is 0 Å². The fraction of sp³-hybridized carbons (Fsp3) is 0.310. The maximum absolute atomic E-state index is 13.4. The summed E-state index contributed by atoms with van der Waals surface area (Å²) in [5.74, 6) is 0.690. The topological polar surface area (TPSA) is 49.9 Å². The molecule has 1 heterocycles. The lowest BCUT2D eigenvalue weighted by Gasteiger charge is -2.43. The van der Waals surface area contributed by atoms with Gasteiger partial charge in [-0.2, -0.15) is 0 Å². The van der Waals surface area contributed by atoms with Gasteiger partial charge >= 0.3 is 0 Å². The minimum absolute atomic E-state index is 0.0359. The van der Waals surface area contributed by atoms with Crippen LogP contribution in [0.2, 0.25) is 5.02 Å². The summed E-state index contributed by atoms with van der Waals surface area (Å²) in [6.45, 7) is 1.97. The Bertz CT molecular complexity index is 1190.